The Balaban J connectivity index is 1.65. The van der Waals surface area contributed by atoms with Crippen LogP contribution in [-0.2, 0) is 16.2 Å². The van der Waals surface area contributed by atoms with E-state index in [9.17, 15) is 21.6 Å². The van der Waals surface area contributed by atoms with Crippen LogP contribution in [0.1, 0.15) is 36.0 Å². The van der Waals surface area contributed by atoms with Crippen molar-refractivity contribution in [2.24, 2.45) is 0 Å². The smallest absolute Gasteiger partial charge is 0.416 e. The fourth-order valence-electron chi connectivity index (χ4n) is 3.32. The molecule has 1 aromatic carbocycles. The van der Waals surface area contributed by atoms with E-state index >= 15 is 0 Å². The fraction of sp³-hybridized carbons (Fsp3) is 0.316. The van der Waals surface area contributed by atoms with Crippen LogP contribution >= 0.6 is 0 Å². The Morgan fingerprint density at radius 1 is 1.17 bits per heavy atom. The van der Waals surface area contributed by atoms with Crippen molar-refractivity contribution < 1.29 is 26.0 Å². The van der Waals surface area contributed by atoms with Crippen LogP contribution < -0.4 is 0 Å². The summed E-state index contributed by atoms with van der Waals surface area (Å²) in [5.74, 6) is 0.291. The first-order valence-corrected chi connectivity index (χ1v) is 10.6. The predicted molar refractivity (Wildman–Crippen MR) is 99.6 cm³/mol. The van der Waals surface area contributed by atoms with E-state index in [2.05, 4.69) is 15.2 Å². The Hall–Kier alpha value is -2.79. The highest BCUT2D eigenvalue weighted by Gasteiger charge is 2.40. The van der Waals surface area contributed by atoms with Crippen molar-refractivity contribution in [3.05, 3.63) is 59.7 Å². The third-order valence-electron chi connectivity index (χ3n) is 4.86. The van der Waals surface area contributed by atoms with Crippen molar-refractivity contribution in [1.82, 2.24) is 19.5 Å². The molecule has 1 saturated heterocycles. The molecule has 1 fully saturated rings. The molecule has 2 aromatic heterocycles. The number of rotatable bonds is 4. The molecule has 158 valence electrons. The highest BCUT2D eigenvalue weighted by atomic mass is 32.2. The Labute approximate surface area is 170 Å². The molecule has 0 saturated carbocycles. The molecular weight excluding hydrogens is 421 g/mol. The normalized spacial score (nSPS) is 18.1. The van der Waals surface area contributed by atoms with E-state index < -0.39 is 32.7 Å². The van der Waals surface area contributed by atoms with Gasteiger partial charge in [0.2, 0.25) is 21.8 Å². The van der Waals surface area contributed by atoms with Crippen LogP contribution in [0.25, 0.3) is 11.5 Å². The number of alkyl halides is 3. The summed E-state index contributed by atoms with van der Waals surface area (Å²) in [5.41, 5.74) is 0.378. The molecule has 0 spiro atoms. The van der Waals surface area contributed by atoms with Gasteiger partial charge in [-0.25, -0.2) is 8.42 Å². The summed E-state index contributed by atoms with van der Waals surface area (Å²) in [6, 6.07) is 6.49. The minimum absolute atomic E-state index is 0.0959. The van der Waals surface area contributed by atoms with Crippen LogP contribution in [0.3, 0.4) is 0 Å². The molecule has 4 rings (SSSR count). The molecule has 0 N–H and O–H groups in total. The standard InChI is InChI=1S/C19H17F3N4O3S/c1-12-7-8-13(11-23-12)17-24-25-18(29-17)16-6-3-9-26(16)30(27,28)15-5-2-4-14(10-15)19(20,21)22/h2,4-5,7-8,10-11,16H,3,6,9H2,1H3. The minimum Gasteiger partial charge on any atom is -0.419 e. The molecule has 1 aliphatic heterocycles. The third-order valence-corrected chi connectivity index (χ3v) is 6.76. The van der Waals surface area contributed by atoms with Crippen LogP contribution in [0.5, 0.6) is 0 Å². The van der Waals surface area contributed by atoms with Crippen molar-refractivity contribution >= 4 is 10.0 Å². The lowest BCUT2D eigenvalue weighted by atomic mass is 10.2. The van der Waals surface area contributed by atoms with Crippen LogP contribution in [0.4, 0.5) is 13.2 Å². The third kappa shape index (κ3) is 3.82. The van der Waals surface area contributed by atoms with Gasteiger partial charge in [-0.3, -0.25) is 4.98 Å². The van der Waals surface area contributed by atoms with Crippen molar-refractivity contribution in [2.45, 2.75) is 36.9 Å². The van der Waals surface area contributed by atoms with Gasteiger partial charge in [0.05, 0.1) is 16.0 Å². The number of aryl methyl sites for hydroxylation is 1. The molecule has 3 heterocycles. The number of aromatic nitrogens is 3. The fourth-order valence-corrected chi connectivity index (χ4v) is 5.02. The molecule has 30 heavy (non-hydrogen) atoms. The molecule has 1 atom stereocenters. The second kappa shape index (κ2) is 7.47. The van der Waals surface area contributed by atoms with Crippen molar-refractivity contribution in [3.8, 4) is 11.5 Å². The zero-order valence-corrected chi connectivity index (χ0v) is 16.6. The maximum absolute atomic E-state index is 13.1. The second-order valence-electron chi connectivity index (χ2n) is 6.93. The molecule has 0 aliphatic carbocycles. The van der Waals surface area contributed by atoms with Gasteiger partial charge in [0.1, 0.15) is 6.04 Å². The molecule has 0 bridgehead atoms. The Kier molecular flexibility index (Phi) is 5.10. The highest BCUT2D eigenvalue weighted by molar-refractivity contribution is 7.89. The van der Waals surface area contributed by atoms with E-state index in [4.69, 9.17) is 4.42 Å². The summed E-state index contributed by atoms with van der Waals surface area (Å²) >= 11 is 0. The summed E-state index contributed by atoms with van der Waals surface area (Å²) in [6.45, 7) is 1.98. The van der Waals surface area contributed by atoms with Crippen LogP contribution in [-0.4, -0.2) is 34.4 Å². The quantitative estimate of drug-likeness (QED) is 0.612. The number of sulfonamides is 1. The summed E-state index contributed by atoms with van der Waals surface area (Å²) < 4.78 is 72.0. The number of hydrogen-bond acceptors (Lipinski definition) is 6. The maximum Gasteiger partial charge on any atom is 0.416 e. The average Bonchev–Trinajstić information content (AvgIpc) is 3.38. The van der Waals surface area contributed by atoms with Gasteiger partial charge >= 0.3 is 6.18 Å². The van der Waals surface area contributed by atoms with Crippen molar-refractivity contribution in [1.29, 1.82) is 0 Å². The largest absolute Gasteiger partial charge is 0.419 e. The van der Waals surface area contributed by atoms with Gasteiger partial charge in [-0.15, -0.1) is 10.2 Å². The van der Waals surface area contributed by atoms with E-state index in [-0.39, 0.29) is 18.3 Å². The number of nitrogens with zero attached hydrogens (tertiary/aromatic N) is 4. The Bertz CT molecular complexity index is 1160. The van der Waals surface area contributed by atoms with Crippen LogP contribution in [0, 0.1) is 6.92 Å². The molecule has 0 amide bonds. The van der Waals surface area contributed by atoms with Gasteiger partial charge < -0.3 is 4.42 Å². The molecule has 1 aliphatic rings. The van der Waals surface area contributed by atoms with E-state index in [1.807, 2.05) is 6.92 Å². The van der Waals surface area contributed by atoms with E-state index in [1.54, 1.807) is 18.3 Å². The second-order valence-corrected chi connectivity index (χ2v) is 8.82. The topological polar surface area (TPSA) is 89.2 Å². The van der Waals surface area contributed by atoms with Crippen molar-refractivity contribution in [2.75, 3.05) is 6.54 Å². The van der Waals surface area contributed by atoms with Crippen molar-refractivity contribution in [3.63, 3.8) is 0 Å². The monoisotopic (exact) mass is 438 g/mol. The van der Waals surface area contributed by atoms with Crippen LogP contribution in [0.2, 0.25) is 0 Å². The summed E-state index contributed by atoms with van der Waals surface area (Å²) in [5, 5.41) is 7.95. The van der Waals surface area contributed by atoms with E-state index in [0.717, 1.165) is 28.2 Å². The lowest BCUT2D eigenvalue weighted by Gasteiger charge is -2.22. The van der Waals surface area contributed by atoms with Gasteiger partial charge in [0.25, 0.3) is 0 Å². The van der Waals surface area contributed by atoms with E-state index in [0.29, 0.717) is 24.5 Å². The lowest BCUT2D eigenvalue weighted by Crippen LogP contribution is -2.31. The summed E-state index contributed by atoms with van der Waals surface area (Å²) in [4.78, 5) is 3.73. The maximum atomic E-state index is 13.1. The summed E-state index contributed by atoms with van der Waals surface area (Å²) in [6.07, 6.45) is -2.13. The van der Waals surface area contributed by atoms with Gasteiger partial charge in [0, 0.05) is 18.4 Å². The highest BCUT2D eigenvalue weighted by Crippen LogP contribution is 2.38. The zero-order chi connectivity index (χ0) is 21.5. The molecular formula is C19H17F3N4O3S. The summed E-state index contributed by atoms with van der Waals surface area (Å²) in [7, 11) is -4.19. The van der Waals surface area contributed by atoms with Gasteiger partial charge in [-0.1, -0.05) is 6.07 Å². The Morgan fingerprint density at radius 3 is 2.67 bits per heavy atom. The predicted octanol–water partition coefficient (Wildman–Crippen LogP) is 3.98. The van der Waals surface area contributed by atoms with Gasteiger partial charge in [-0.05, 0) is 50.1 Å². The first-order chi connectivity index (χ1) is 14.2. The zero-order valence-electron chi connectivity index (χ0n) is 15.8. The number of halogens is 3. The molecule has 3 aromatic rings. The SMILES string of the molecule is Cc1ccc(-c2nnc(C3CCCN3S(=O)(=O)c3cccc(C(F)(F)F)c3)o2)cn1. The molecule has 11 heteroatoms. The number of hydrogen-bond donors (Lipinski definition) is 0. The number of pyridine rings is 1. The lowest BCUT2D eigenvalue weighted by molar-refractivity contribution is -0.137. The first-order valence-electron chi connectivity index (χ1n) is 9.12. The average molecular weight is 438 g/mol. The first kappa shape index (κ1) is 20.5. The van der Waals surface area contributed by atoms with Gasteiger partial charge in [-0.2, -0.15) is 17.5 Å². The van der Waals surface area contributed by atoms with Crippen LogP contribution in [0.15, 0.2) is 51.9 Å². The molecule has 1 unspecified atom stereocenters. The van der Waals surface area contributed by atoms with Gasteiger partial charge in [0.15, 0.2) is 0 Å². The molecule has 0 radical (unpaired) electrons. The minimum atomic E-state index is -4.64. The van der Waals surface area contributed by atoms with E-state index in [1.165, 1.54) is 0 Å². The molecule has 7 nitrogen and oxygen atoms in total. The Morgan fingerprint density at radius 2 is 1.97 bits per heavy atom. The number of benzene rings is 1.